The molecule has 11 nitrogen and oxygen atoms in total. The second kappa shape index (κ2) is 7.95. The van der Waals surface area contributed by atoms with Gasteiger partial charge in [0.05, 0.1) is 0 Å². The van der Waals surface area contributed by atoms with Crippen LogP contribution in [0.4, 0.5) is 5.82 Å². The van der Waals surface area contributed by atoms with Crippen molar-refractivity contribution in [2.75, 3.05) is 55.0 Å². The highest BCUT2D eigenvalue weighted by molar-refractivity contribution is 5.75. The highest BCUT2D eigenvalue weighted by Gasteiger charge is 2.18. The predicted molar refractivity (Wildman–Crippen MR) is 113 cm³/mol. The molecule has 4 heterocycles. The number of imidazole rings is 1. The van der Waals surface area contributed by atoms with Crippen molar-refractivity contribution < 1.29 is 0 Å². The van der Waals surface area contributed by atoms with Crippen molar-refractivity contribution in [1.29, 1.82) is 0 Å². The molecular weight excluding hydrogens is 374 g/mol. The molecule has 3 aromatic rings. The number of hydrogen-bond donors (Lipinski definition) is 4. The molecular formula is C18H25N9O2. The minimum Gasteiger partial charge on any atom is -0.354 e. The van der Waals surface area contributed by atoms with Crippen LogP contribution in [0.5, 0.6) is 0 Å². The van der Waals surface area contributed by atoms with E-state index in [1.807, 2.05) is 26.0 Å². The minimum absolute atomic E-state index is 0.243. The number of anilines is 1. The normalized spacial score (nSPS) is 14.3. The quantitative estimate of drug-likeness (QED) is 0.437. The summed E-state index contributed by atoms with van der Waals surface area (Å²) in [5.41, 5.74) is 6.00. The van der Waals surface area contributed by atoms with E-state index >= 15 is 0 Å². The van der Waals surface area contributed by atoms with Crippen molar-refractivity contribution in [3.63, 3.8) is 0 Å². The lowest BCUT2D eigenvalue weighted by molar-refractivity contribution is 0.585. The highest BCUT2D eigenvalue weighted by atomic mass is 16.2. The first-order chi connectivity index (χ1) is 14.1. The van der Waals surface area contributed by atoms with Gasteiger partial charge in [-0.1, -0.05) is 0 Å². The Morgan fingerprint density at radius 2 is 1.79 bits per heavy atom. The Hall–Kier alpha value is -3.34. The number of piperazine rings is 1. The van der Waals surface area contributed by atoms with E-state index in [1.54, 1.807) is 6.20 Å². The maximum atomic E-state index is 12.8. The number of H-pyrrole nitrogens is 1. The first-order valence-corrected chi connectivity index (χ1v) is 9.81. The predicted octanol–water partition coefficient (Wildman–Crippen LogP) is -0.515. The van der Waals surface area contributed by atoms with Crippen molar-refractivity contribution >= 4 is 17.0 Å². The summed E-state index contributed by atoms with van der Waals surface area (Å²) in [6, 6.07) is 3.86. The molecule has 1 fully saturated rings. The van der Waals surface area contributed by atoms with Gasteiger partial charge < -0.3 is 26.1 Å². The molecule has 0 saturated carbocycles. The van der Waals surface area contributed by atoms with Gasteiger partial charge >= 0.3 is 11.2 Å². The number of nitrogens with one attached hydrogen (secondary N) is 4. The van der Waals surface area contributed by atoms with Crippen LogP contribution in [0.3, 0.4) is 0 Å². The minimum atomic E-state index is -0.517. The summed E-state index contributed by atoms with van der Waals surface area (Å²) in [4.78, 5) is 39.8. The average molecular weight is 399 g/mol. The molecule has 0 amide bonds. The summed E-state index contributed by atoms with van der Waals surface area (Å²) >= 11 is 0. The Kier molecular flexibility index (Phi) is 5.21. The van der Waals surface area contributed by atoms with Crippen LogP contribution in [-0.2, 0) is 0 Å². The van der Waals surface area contributed by atoms with E-state index in [1.165, 1.54) is 4.68 Å². The Morgan fingerprint density at radius 1 is 1.07 bits per heavy atom. The molecule has 29 heavy (non-hydrogen) atoms. The lowest BCUT2D eigenvalue weighted by atomic mass is 10.2. The van der Waals surface area contributed by atoms with Gasteiger partial charge in [-0.25, -0.2) is 14.8 Å². The first kappa shape index (κ1) is 19.0. The molecule has 3 aromatic heterocycles. The summed E-state index contributed by atoms with van der Waals surface area (Å²) in [6.07, 6.45) is 1.73. The standard InChI is InChI=1S/C18H25N9O2/c1-3-21-26-16-14(17(28)27(18(26)29)22-4-2)23-15(24-16)12-5-6-13(20-11-12)25-9-7-19-8-10-25/h5-6,11,19,21-22H,3-4,7-10H2,1-2H3,(H,23,24). The largest absolute Gasteiger partial charge is 0.370 e. The third-order valence-electron chi connectivity index (χ3n) is 4.79. The maximum absolute atomic E-state index is 12.8. The van der Waals surface area contributed by atoms with Crippen LogP contribution in [0.25, 0.3) is 22.6 Å². The smallest absolute Gasteiger partial charge is 0.354 e. The molecule has 1 aliphatic rings. The highest BCUT2D eigenvalue weighted by Crippen LogP contribution is 2.20. The average Bonchev–Trinajstić information content (AvgIpc) is 3.20. The van der Waals surface area contributed by atoms with Gasteiger partial charge in [-0.05, 0) is 26.0 Å². The molecule has 0 spiro atoms. The maximum Gasteiger partial charge on any atom is 0.370 e. The zero-order chi connectivity index (χ0) is 20.4. The Morgan fingerprint density at radius 3 is 2.45 bits per heavy atom. The molecule has 0 atom stereocenters. The second-order valence-electron chi connectivity index (χ2n) is 6.71. The topological polar surface area (TPSA) is 125 Å². The van der Waals surface area contributed by atoms with Crippen LogP contribution < -0.4 is 32.3 Å². The number of pyridine rings is 1. The molecule has 4 N–H and O–H groups in total. The van der Waals surface area contributed by atoms with Crippen molar-refractivity contribution in [2.45, 2.75) is 13.8 Å². The lowest BCUT2D eigenvalue weighted by Gasteiger charge is -2.28. The summed E-state index contributed by atoms with van der Waals surface area (Å²) in [5, 5.41) is 3.32. The molecule has 4 rings (SSSR count). The van der Waals surface area contributed by atoms with Crippen LogP contribution in [0.1, 0.15) is 13.8 Å². The van der Waals surface area contributed by atoms with Crippen molar-refractivity contribution in [3.8, 4) is 11.4 Å². The molecule has 1 saturated heterocycles. The third-order valence-corrected chi connectivity index (χ3v) is 4.79. The van der Waals surface area contributed by atoms with E-state index in [9.17, 15) is 9.59 Å². The number of rotatable bonds is 6. The summed E-state index contributed by atoms with van der Waals surface area (Å²) in [7, 11) is 0. The fourth-order valence-corrected chi connectivity index (χ4v) is 3.41. The van der Waals surface area contributed by atoms with Gasteiger partial charge in [-0.15, -0.1) is 0 Å². The zero-order valence-corrected chi connectivity index (χ0v) is 16.5. The molecule has 11 heteroatoms. The van der Waals surface area contributed by atoms with E-state index in [0.29, 0.717) is 18.9 Å². The monoisotopic (exact) mass is 399 g/mol. The lowest BCUT2D eigenvalue weighted by Crippen LogP contribution is -2.47. The van der Waals surface area contributed by atoms with Crippen molar-refractivity contribution in [1.82, 2.24) is 29.6 Å². The van der Waals surface area contributed by atoms with Crippen molar-refractivity contribution in [2.24, 2.45) is 0 Å². The van der Waals surface area contributed by atoms with Crippen LogP contribution >= 0.6 is 0 Å². The van der Waals surface area contributed by atoms with Crippen LogP contribution in [0, 0.1) is 0 Å². The number of aromatic amines is 1. The van der Waals surface area contributed by atoms with Gasteiger partial charge in [0.2, 0.25) is 0 Å². The van der Waals surface area contributed by atoms with Crippen LogP contribution in [0.15, 0.2) is 27.9 Å². The number of aromatic nitrogens is 5. The van der Waals surface area contributed by atoms with Crippen molar-refractivity contribution in [3.05, 3.63) is 39.2 Å². The van der Waals surface area contributed by atoms with Gasteiger partial charge in [0.15, 0.2) is 11.2 Å². The van der Waals surface area contributed by atoms with E-state index in [2.05, 4.69) is 36.0 Å². The first-order valence-electron chi connectivity index (χ1n) is 9.81. The van der Waals surface area contributed by atoms with Crippen LogP contribution in [-0.4, -0.2) is 63.6 Å². The van der Waals surface area contributed by atoms with E-state index in [-0.39, 0.29) is 11.2 Å². The van der Waals surface area contributed by atoms with Crippen LogP contribution in [0.2, 0.25) is 0 Å². The zero-order valence-electron chi connectivity index (χ0n) is 16.5. The van der Waals surface area contributed by atoms with E-state index in [4.69, 9.17) is 0 Å². The Balaban J connectivity index is 1.77. The number of nitrogens with zero attached hydrogens (tertiary/aromatic N) is 5. The molecule has 0 unspecified atom stereocenters. The van der Waals surface area contributed by atoms with E-state index < -0.39 is 11.2 Å². The number of hydrogen-bond acceptors (Lipinski definition) is 8. The molecule has 0 radical (unpaired) electrons. The second-order valence-corrected chi connectivity index (χ2v) is 6.71. The Bertz CT molecular complexity index is 1110. The summed E-state index contributed by atoms with van der Waals surface area (Å²) < 4.78 is 2.26. The van der Waals surface area contributed by atoms with Gasteiger partial charge in [-0.2, -0.15) is 9.35 Å². The molecule has 0 aromatic carbocycles. The van der Waals surface area contributed by atoms with Gasteiger partial charge in [0.1, 0.15) is 11.6 Å². The van der Waals surface area contributed by atoms with Gasteiger partial charge in [-0.3, -0.25) is 4.79 Å². The molecule has 154 valence electrons. The number of fused-ring (bicyclic) bond motifs is 1. The summed E-state index contributed by atoms with van der Waals surface area (Å²) in [5.74, 6) is 1.39. The molecule has 1 aliphatic heterocycles. The third kappa shape index (κ3) is 3.44. The molecule has 0 aliphatic carbocycles. The fourth-order valence-electron chi connectivity index (χ4n) is 3.41. The van der Waals surface area contributed by atoms with Gasteiger partial charge in [0.25, 0.3) is 0 Å². The summed E-state index contributed by atoms with van der Waals surface area (Å²) in [6.45, 7) is 8.32. The van der Waals surface area contributed by atoms with Gasteiger partial charge in [0, 0.05) is 51.0 Å². The Labute approximate surface area is 166 Å². The molecule has 0 bridgehead atoms. The fraction of sp³-hybridized carbons (Fsp3) is 0.444. The van der Waals surface area contributed by atoms with E-state index in [0.717, 1.165) is 42.2 Å². The SMILES string of the molecule is CCNn1c(=O)c2[nH]c(-c3ccc(N4CCNCC4)nc3)nc2n(NCC)c1=O.